The number of carbonyl (C=O) groups excluding carboxylic acids is 1. The molecule has 0 aliphatic rings. The van der Waals surface area contributed by atoms with Gasteiger partial charge in [0.05, 0.1) is 27.7 Å². The molecule has 0 saturated heterocycles. The van der Waals surface area contributed by atoms with Gasteiger partial charge in [-0.15, -0.1) is 0 Å². The summed E-state index contributed by atoms with van der Waals surface area (Å²) in [6.07, 6.45) is 0. The maximum Gasteiger partial charge on any atom is 0.349 e. The molecule has 146 valence electrons. The number of benzene rings is 2. The Morgan fingerprint density at radius 1 is 0.964 bits per heavy atom. The minimum atomic E-state index is -0.584. The minimum absolute atomic E-state index is 0.0263. The molecule has 0 saturated carbocycles. The van der Waals surface area contributed by atoms with Gasteiger partial charge in [-0.3, -0.25) is 0 Å². The van der Waals surface area contributed by atoms with E-state index in [2.05, 4.69) is 41.1 Å². The van der Waals surface area contributed by atoms with Gasteiger partial charge in [-0.1, -0.05) is 74.5 Å². The lowest BCUT2D eigenvalue weighted by Crippen LogP contribution is -2.44. The zero-order valence-corrected chi connectivity index (χ0v) is 17.4. The van der Waals surface area contributed by atoms with Crippen molar-refractivity contribution in [3.05, 3.63) is 77.4 Å². The van der Waals surface area contributed by atoms with E-state index in [0.29, 0.717) is 5.57 Å². The Morgan fingerprint density at radius 2 is 1.43 bits per heavy atom. The number of esters is 1. The second-order valence-corrected chi connectivity index (χ2v) is 8.78. The van der Waals surface area contributed by atoms with Gasteiger partial charge in [-0.25, -0.2) is 4.79 Å². The van der Waals surface area contributed by atoms with Gasteiger partial charge in [0.2, 0.25) is 0 Å². The average molecular weight is 378 g/mol. The molecule has 0 fully saturated rings. The van der Waals surface area contributed by atoms with Crippen LogP contribution in [0.15, 0.2) is 66.2 Å². The monoisotopic (exact) mass is 377 g/mol. The van der Waals surface area contributed by atoms with Crippen LogP contribution < -0.4 is 0 Å². The van der Waals surface area contributed by atoms with Gasteiger partial charge < -0.3 is 9.22 Å². The van der Waals surface area contributed by atoms with Gasteiger partial charge >= 0.3 is 5.97 Å². The van der Waals surface area contributed by atoms with E-state index in [1.165, 1.54) is 0 Å². The maximum atomic E-state index is 12.9. The quantitative estimate of drug-likeness (QED) is 0.313. The van der Waals surface area contributed by atoms with Crippen molar-refractivity contribution in [2.24, 2.45) is 5.41 Å². The first-order valence-corrected chi connectivity index (χ1v) is 9.36. The highest BCUT2D eigenvalue weighted by atomic mass is 16.5. The summed E-state index contributed by atoms with van der Waals surface area (Å²) in [5.74, 6) is -0.584. The first kappa shape index (κ1) is 21.4. The Labute approximate surface area is 168 Å². The number of carbonyl (C=O) groups is 1. The van der Waals surface area contributed by atoms with Crippen LogP contribution in [0.25, 0.3) is 5.57 Å². The number of quaternary nitrogens is 1. The van der Waals surface area contributed by atoms with E-state index in [-0.39, 0.29) is 17.6 Å². The largest absolute Gasteiger partial charge is 0.461 e. The summed E-state index contributed by atoms with van der Waals surface area (Å²) < 4.78 is 6.37. The normalized spacial score (nSPS) is 11.4. The number of hydrogen-bond donors (Lipinski definition) is 0. The maximum absolute atomic E-state index is 12.9. The third kappa shape index (κ3) is 6.07. The highest BCUT2D eigenvalue weighted by Gasteiger charge is 2.29. The fourth-order valence-electron chi connectivity index (χ4n) is 3.53. The fourth-order valence-corrected chi connectivity index (χ4v) is 3.53. The van der Waals surface area contributed by atoms with Crippen LogP contribution in [-0.2, 0) is 9.53 Å². The predicted octanol–water partition coefficient (Wildman–Crippen LogP) is 4.29. The van der Waals surface area contributed by atoms with E-state index in [9.17, 15) is 10.1 Å². The molecule has 0 heterocycles. The van der Waals surface area contributed by atoms with Crippen LogP contribution in [0.3, 0.4) is 0 Å². The number of ether oxygens (including phenoxy) is 1. The van der Waals surface area contributed by atoms with Crippen LogP contribution in [-0.4, -0.2) is 44.7 Å². The van der Waals surface area contributed by atoms with E-state index in [4.69, 9.17) is 4.74 Å². The van der Waals surface area contributed by atoms with E-state index in [0.717, 1.165) is 22.2 Å². The SMILES string of the molecule is CC(C)(COC(=O)C(C#N)=C(c1ccccc1)c1ccccc1)C[N+](C)(C)C. The molecular formula is C24H29N2O2+. The summed E-state index contributed by atoms with van der Waals surface area (Å²) in [5, 5.41) is 9.79. The van der Waals surface area contributed by atoms with Gasteiger partial charge in [0.1, 0.15) is 18.2 Å². The van der Waals surface area contributed by atoms with Crippen molar-refractivity contribution >= 4 is 11.5 Å². The van der Waals surface area contributed by atoms with Crippen LogP contribution in [0.5, 0.6) is 0 Å². The van der Waals surface area contributed by atoms with Crippen molar-refractivity contribution in [2.45, 2.75) is 13.8 Å². The van der Waals surface area contributed by atoms with Gasteiger partial charge in [0.15, 0.2) is 0 Å². The molecule has 4 heteroatoms. The molecule has 0 aliphatic heterocycles. The molecule has 2 aromatic rings. The van der Waals surface area contributed by atoms with Crippen LogP contribution in [0.4, 0.5) is 0 Å². The van der Waals surface area contributed by atoms with Gasteiger partial charge in [0.25, 0.3) is 0 Å². The molecule has 0 aliphatic carbocycles. The number of hydrogen-bond acceptors (Lipinski definition) is 3. The first-order chi connectivity index (χ1) is 13.1. The summed E-state index contributed by atoms with van der Waals surface area (Å²) in [5.41, 5.74) is 2.05. The van der Waals surface area contributed by atoms with Crippen LogP contribution in [0, 0.1) is 16.7 Å². The lowest BCUT2D eigenvalue weighted by Gasteiger charge is -2.33. The van der Waals surface area contributed by atoms with Crippen LogP contribution >= 0.6 is 0 Å². The van der Waals surface area contributed by atoms with Gasteiger partial charge in [-0.05, 0) is 11.1 Å². The summed E-state index contributed by atoms with van der Waals surface area (Å²) in [6, 6.07) is 21.1. The minimum Gasteiger partial charge on any atom is -0.461 e. The molecule has 0 atom stereocenters. The highest BCUT2D eigenvalue weighted by Crippen LogP contribution is 2.28. The molecule has 0 unspecified atom stereocenters. The molecule has 0 aromatic heterocycles. The van der Waals surface area contributed by atoms with Crippen molar-refractivity contribution in [1.82, 2.24) is 0 Å². The summed E-state index contributed by atoms with van der Waals surface area (Å²) in [6.45, 7) is 5.23. The van der Waals surface area contributed by atoms with E-state index < -0.39 is 5.97 Å². The van der Waals surface area contributed by atoms with Gasteiger partial charge in [-0.2, -0.15) is 5.26 Å². The summed E-state index contributed by atoms with van der Waals surface area (Å²) in [7, 11) is 6.31. The number of nitrogens with zero attached hydrogens (tertiary/aromatic N) is 2. The molecule has 28 heavy (non-hydrogen) atoms. The lowest BCUT2D eigenvalue weighted by molar-refractivity contribution is -0.877. The Hall–Kier alpha value is -2.90. The van der Waals surface area contributed by atoms with Crippen LogP contribution in [0.2, 0.25) is 0 Å². The zero-order valence-electron chi connectivity index (χ0n) is 17.4. The second kappa shape index (κ2) is 8.86. The average Bonchev–Trinajstić information content (AvgIpc) is 2.63. The second-order valence-electron chi connectivity index (χ2n) is 8.78. The molecule has 0 N–H and O–H groups in total. The van der Waals surface area contributed by atoms with Crippen molar-refractivity contribution in [1.29, 1.82) is 5.26 Å². The molecule has 2 aromatic carbocycles. The fraction of sp³-hybridized carbons (Fsp3) is 0.333. The van der Waals surface area contributed by atoms with Gasteiger partial charge in [0, 0.05) is 11.0 Å². The molecule has 0 spiro atoms. The molecule has 4 nitrogen and oxygen atoms in total. The lowest BCUT2D eigenvalue weighted by atomic mass is 9.92. The predicted molar refractivity (Wildman–Crippen MR) is 112 cm³/mol. The zero-order chi connectivity index (χ0) is 20.8. The van der Waals surface area contributed by atoms with Crippen LogP contribution in [0.1, 0.15) is 25.0 Å². The van der Waals surface area contributed by atoms with Crippen molar-refractivity contribution in [3.63, 3.8) is 0 Å². The Kier molecular flexibility index (Phi) is 6.77. The Balaban J connectivity index is 2.38. The smallest absolute Gasteiger partial charge is 0.349 e. The third-order valence-electron chi connectivity index (χ3n) is 4.19. The highest BCUT2D eigenvalue weighted by molar-refractivity contribution is 6.05. The Bertz CT molecular complexity index is 829. The number of rotatable bonds is 7. The molecular weight excluding hydrogens is 348 g/mol. The number of nitriles is 1. The standard InChI is InChI=1S/C24H29N2O2/c1-24(2,17-26(3,4)5)18-28-23(27)21(16-25)22(19-12-8-6-9-13-19)20-14-10-7-11-15-20/h6-15H,17-18H2,1-5H3/q+1. The summed E-state index contributed by atoms with van der Waals surface area (Å²) in [4.78, 5) is 12.9. The van der Waals surface area contributed by atoms with E-state index in [1.807, 2.05) is 60.7 Å². The topological polar surface area (TPSA) is 50.1 Å². The van der Waals surface area contributed by atoms with Crippen molar-refractivity contribution < 1.29 is 14.0 Å². The first-order valence-electron chi connectivity index (χ1n) is 9.36. The molecule has 2 rings (SSSR count). The third-order valence-corrected chi connectivity index (χ3v) is 4.19. The van der Waals surface area contributed by atoms with Crippen molar-refractivity contribution in [3.8, 4) is 6.07 Å². The van der Waals surface area contributed by atoms with E-state index >= 15 is 0 Å². The molecule has 0 bridgehead atoms. The summed E-state index contributed by atoms with van der Waals surface area (Å²) >= 11 is 0. The molecule has 0 radical (unpaired) electrons. The molecule has 0 amide bonds. The Morgan fingerprint density at radius 3 is 1.82 bits per heavy atom. The van der Waals surface area contributed by atoms with E-state index in [1.54, 1.807) is 0 Å². The van der Waals surface area contributed by atoms with Crippen molar-refractivity contribution in [2.75, 3.05) is 34.3 Å².